The number of carbonyl (C=O) groups excluding carboxylic acids is 2. The molecule has 0 aromatic carbocycles. The van der Waals surface area contributed by atoms with Crippen LogP contribution < -0.4 is 0 Å². The molecule has 41 heavy (non-hydrogen) atoms. The standard InChI is InChI=1S/C30H44O11/c1-16-25(34)21(38-3)11-23(40-16)41-29(36)9-8-27(15-31)18-4-6-26(2)24(17-10-22(33)39-13-17)20(32)12-30(26,37)19(18)5-7-28(27,35)14-29/h10,15-16,18-21,23-25,32,34-37H,4-9,11-14H2,1-3H3. The summed E-state index contributed by atoms with van der Waals surface area (Å²) >= 11 is 0. The maximum absolute atomic E-state index is 13.0. The van der Waals surface area contributed by atoms with E-state index in [0.717, 1.165) is 6.29 Å². The van der Waals surface area contributed by atoms with Crippen molar-refractivity contribution < 1.29 is 54.1 Å². The Morgan fingerprint density at radius 2 is 1.80 bits per heavy atom. The van der Waals surface area contributed by atoms with Crippen molar-refractivity contribution in [2.75, 3.05) is 13.7 Å². The van der Waals surface area contributed by atoms with E-state index in [4.69, 9.17) is 18.9 Å². The number of aldehydes is 1. The van der Waals surface area contributed by atoms with E-state index in [1.807, 2.05) is 6.92 Å². The summed E-state index contributed by atoms with van der Waals surface area (Å²) in [6, 6.07) is 0. The fourth-order valence-corrected chi connectivity index (χ4v) is 10.1. The number of hydrogen-bond donors (Lipinski definition) is 5. The molecule has 1 saturated heterocycles. The van der Waals surface area contributed by atoms with Gasteiger partial charge in [-0.2, -0.15) is 0 Å². The number of hydrogen-bond acceptors (Lipinski definition) is 11. The Kier molecular flexibility index (Phi) is 7.07. The van der Waals surface area contributed by atoms with E-state index >= 15 is 0 Å². The fourth-order valence-electron chi connectivity index (χ4n) is 10.1. The molecule has 11 nitrogen and oxygen atoms in total. The summed E-state index contributed by atoms with van der Waals surface area (Å²) < 4.78 is 22.3. The van der Waals surface area contributed by atoms with E-state index in [1.165, 1.54) is 13.2 Å². The third-order valence-electron chi connectivity index (χ3n) is 12.2. The maximum atomic E-state index is 13.0. The Hall–Kier alpha value is -1.44. The molecule has 230 valence electrons. The molecule has 4 aliphatic carbocycles. The number of aliphatic hydroxyl groups is 5. The van der Waals surface area contributed by atoms with Crippen molar-refractivity contribution in [2.45, 2.75) is 119 Å². The Morgan fingerprint density at radius 1 is 1.07 bits per heavy atom. The van der Waals surface area contributed by atoms with Crippen LogP contribution in [0.25, 0.3) is 0 Å². The van der Waals surface area contributed by atoms with Crippen molar-refractivity contribution in [1.29, 1.82) is 0 Å². The van der Waals surface area contributed by atoms with E-state index < -0.39 is 70.4 Å². The highest BCUT2D eigenvalue weighted by Gasteiger charge is 2.74. The fraction of sp³-hybridized carbons (Fsp3) is 0.867. The van der Waals surface area contributed by atoms with E-state index in [0.29, 0.717) is 24.8 Å². The molecule has 5 fully saturated rings. The van der Waals surface area contributed by atoms with Crippen LogP contribution in [0.2, 0.25) is 0 Å². The largest absolute Gasteiger partial charge is 0.458 e. The van der Waals surface area contributed by atoms with Crippen LogP contribution in [0, 0.1) is 28.6 Å². The lowest BCUT2D eigenvalue weighted by atomic mass is 9.41. The minimum Gasteiger partial charge on any atom is -0.458 e. The van der Waals surface area contributed by atoms with Crippen LogP contribution in [-0.4, -0.2) is 99.2 Å². The number of esters is 1. The van der Waals surface area contributed by atoms with Crippen LogP contribution in [0.3, 0.4) is 0 Å². The van der Waals surface area contributed by atoms with Gasteiger partial charge in [0.05, 0.1) is 34.9 Å². The lowest BCUT2D eigenvalue weighted by molar-refractivity contribution is -0.363. The normalized spacial score (nSPS) is 54.9. The molecule has 2 heterocycles. The monoisotopic (exact) mass is 580 g/mol. The number of ether oxygens (including phenoxy) is 4. The molecule has 0 aromatic rings. The molecule has 6 aliphatic rings. The number of aliphatic hydroxyl groups excluding tert-OH is 2. The summed E-state index contributed by atoms with van der Waals surface area (Å²) in [5.41, 5.74) is -4.13. The van der Waals surface area contributed by atoms with Crippen LogP contribution in [0.4, 0.5) is 0 Å². The molecule has 5 N–H and O–H groups in total. The summed E-state index contributed by atoms with van der Waals surface area (Å²) in [6.07, 6.45) is 0.585. The topological polar surface area (TPSA) is 172 Å². The zero-order valence-corrected chi connectivity index (χ0v) is 24.0. The summed E-state index contributed by atoms with van der Waals surface area (Å²) in [6.45, 7) is 3.76. The van der Waals surface area contributed by atoms with Gasteiger partial charge in [-0.3, -0.25) is 0 Å². The van der Waals surface area contributed by atoms with Gasteiger partial charge in [0.1, 0.15) is 19.0 Å². The zero-order chi connectivity index (χ0) is 29.6. The molecule has 6 rings (SSSR count). The molecule has 13 atom stereocenters. The zero-order valence-electron chi connectivity index (χ0n) is 24.0. The number of rotatable bonds is 5. The van der Waals surface area contributed by atoms with Gasteiger partial charge in [-0.1, -0.05) is 6.92 Å². The molecule has 11 heteroatoms. The third kappa shape index (κ3) is 4.14. The van der Waals surface area contributed by atoms with Gasteiger partial charge in [-0.25, -0.2) is 4.79 Å². The minimum atomic E-state index is -1.75. The number of cyclic esters (lactones) is 1. The Morgan fingerprint density at radius 3 is 2.46 bits per heavy atom. The minimum absolute atomic E-state index is 0.0823. The van der Waals surface area contributed by atoms with Gasteiger partial charge >= 0.3 is 5.97 Å². The van der Waals surface area contributed by atoms with E-state index in [1.54, 1.807) is 6.92 Å². The first kappa shape index (κ1) is 29.6. The lowest BCUT2D eigenvalue weighted by Crippen LogP contribution is -2.70. The molecule has 2 aliphatic heterocycles. The summed E-state index contributed by atoms with van der Waals surface area (Å²) in [4.78, 5) is 24.9. The second-order valence-corrected chi connectivity index (χ2v) is 13.9. The SMILES string of the molecule is COC1CC(OC2(O)CCC3(C=O)C4CCC5(C)C(C6=CC(=O)OC6)C(O)CC5(O)C4CCC3(O)C2)OC(C)C1O. The molecule has 0 amide bonds. The highest BCUT2D eigenvalue weighted by molar-refractivity contribution is 5.85. The highest BCUT2D eigenvalue weighted by Crippen LogP contribution is 2.70. The highest BCUT2D eigenvalue weighted by atomic mass is 16.7. The number of carbonyl (C=O) groups is 2. The first-order valence-corrected chi connectivity index (χ1v) is 15.0. The van der Waals surface area contributed by atoms with Crippen molar-refractivity contribution >= 4 is 12.3 Å². The van der Waals surface area contributed by atoms with Crippen LogP contribution >= 0.6 is 0 Å². The molecule has 4 saturated carbocycles. The molecular weight excluding hydrogens is 536 g/mol. The first-order valence-electron chi connectivity index (χ1n) is 15.0. The van der Waals surface area contributed by atoms with Crippen molar-refractivity contribution in [1.82, 2.24) is 0 Å². The predicted octanol–water partition coefficient (Wildman–Crippen LogP) is 0.724. The molecule has 0 bridgehead atoms. The predicted molar refractivity (Wildman–Crippen MR) is 141 cm³/mol. The summed E-state index contributed by atoms with van der Waals surface area (Å²) in [5, 5.41) is 57.7. The van der Waals surface area contributed by atoms with Gasteiger partial charge in [0.25, 0.3) is 0 Å². The van der Waals surface area contributed by atoms with Crippen LogP contribution in [-0.2, 0) is 28.5 Å². The van der Waals surface area contributed by atoms with E-state index in [2.05, 4.69) is 0 Å². The first-order chi connectivity index (χ1) is 19.2. The van der Waals surface area contributed by atoms with Crippen molar-refractivity contribution in [3.8, 4) is 0 Å². The second-order valence-electron chi connectivity index (χ2n) is 13.9. The molecule has 13 unspecified atom stereocenters. The van der Waals surface area contributed by atoms with Crippen molar-refractivity contribution in [2.24, 2.45) is 28.6 Å². The van der Waals surface area contributed by atoms with Gasteiger partial charge in [0.15, 0.2) is 12.1 Å². The number of fused-ring (bicyclic) bond motifs is 5. The Bertz CT molecular complexity index is 1110. The summed E-state index contributed by atoms with van der Waals surface area (Å²) in [7, 11) is 1.49. The maximum Gasteiger partial charge on any atom is 0.331 e. The van der Waals surface area contributed by atoms with Crippen LogP contribution in [0.15, 0.2) is 11.6 Å². The Labute approximate surface area is 239 Å². The molecule has 0 radical (unpaired) electrons. The van der Waals surface area contributed by atoms with Gasteiger partial charge < -0.3 is 49.3 Å². The van der Waals surface area contributed by atoms with Gasteiger partial charge in [0, 0.05) is 50.2 Å². The van der Waals surface area contributed by atoms with Gasteiger partial charge in [-0.15, -0.1) is 0 Å². The number of methoxy groups -OCH3 is 1. The Balaban J connectivity index is 1.25. The summed E-state index contributed by atoms with van der Waals surface area (Å²) in [5.74, 6) is -3.35. The average Bonchev–Trinajstić information content (AvgIpc) is 3.41. The molecule has 0 aromatic heterocycles. The van der Waals surface area contributed by atoms with Crippen molar-refractivity contribution in [3.05, 3.63) is 11.6 Å². The van der Waals surface area contributed by atoms with Gasteiger partial charge in [-0.05, 0) is 56.4 Å². The second kappa shape index (κ2) is 9.79. The van der Waals surface area contributed by atoms with Gasteiger partial charge in [0.2, 0.25) is 0 Å². The average molecular weight is 581 g/mol. The molecular formula is C30H44O11. The quantitative estimate of drug-likeness (QED) is 0.134. The molecule has 0 spiro atoms. The third-order valence-corrected chi connectivity index (χ3v) is 12.2. The van der Waals surface area contributed by atoms with Crippen LogP contribution in [0.1, 0.15) is 71.6 Å². The smallest absolute Gasteiger partial charge is 0.331 e. The lowest BCUT2D eigenvalue weighted by Gasteiger charge is -2.65. The van der Waals surface area contributed by atoms with Crippen molar-refractivity contribution in [3.63, 3.8) is 0 Å². The van der Waals surface area contributed by atoms with E-state index in [9.17, 15) is 35.1 Å². The van der Waals surface area contributed by atoms with Crippen LogP contribution in [0.5, 0.6) is 0 Å². The van der Waals surface area contributed by atoms with E-state index in [-0.39, 0.29) is 57.0 Å².